The fraction of sp³-hybridized carbons (Fsp3) is 0.312. The van der Waals surface area contributed by atoms with Crippen LogP contribution in [-0.4, -0.2) is 22.4 Å². The van der Waals surface area contributed by atoms with Crippen LogP contribution in [0.5, 0.6) is 0 Å². The topological polar surface area (TPSA) is 46.1 Å². The van der Waals surface area contributed by atoms with Gasteiger partial charge in [-0.2, -0.15) is 0 Å². The molecular weight excluding hydrogens is 286 g/mol. The standard InChI is InChI=1S/C16H16ClN3O/c1-10(2)15-18-9-12(17)14(19-15)16(21)20-8-7-11-5-3-4-6-13(11)20/h3-6,9-10H,7-8H2,1-2H3. The summed E-state index contributed by atoms with van der Waals surface area (Å²) in [7, 11) is 0. The zero-order chi connectivity index (χ0) is 15.0. The number of nitrogens with zero attached hydrogens (tertiary/aromatic N) is 3. The molecular formula is C16H16ClN3O. The lowest BCUT2D eigenvalue weighted by Gasteiger charge is -2.18. The zero-order valence-electron chi connectivity index (χ0n) is 12.0. The SMILES string of the molecule is CC(C)c1ncc(Cl)c(C(=O)N2CCc3ccccc32)n1. The van der Waals surface area contributed by atoms with E-state index in [0.717, 1.165) is 12.1 Å². The molecule has 0 bridgehead atoms. The van der Waals surface area contributed by atoms with Gasteiger partial charge < -0.3 is 4.90 Å². The van der Waals surface area contributed by atoms with Gasteiger partial charge in [-0.3, -0.25) is 4.79 Å². The minimum Gasteiger partial charge on any atom is -0.306 e. The van der Waals surface area contributed by atoms with Crippen LogP contribution in [0.25, 0.3) is 0 Å². The zero-order valence-corrected chi connectivity index (χ0v) is 12.8. The van der Waals surface area contributed by atoms with Gasteiger partial charge in [0.15, 0.2) is 5.69 Å². The quantitative estimate of drug-likeness (QED) is 0.853. The molecule has 1 amide bonds. The molecule has 1 aromatic carbocycles. The number of rotatable bonds is 2. The number of aromatic nitrogens is 2. The van der Waals surface area contributed by atoms with Gasteiger partial charge in [0.05, 0.1) is 11.2 Å². The first-order valence-electron chi connectivity index (χ1n) is 7.00. The number of anilines is 1. The molecule has 0 spiro atoms. The summed E-state index contributed by atoms with van der Waals surface area (Å²) in [5.74, 6) is 0.629. The highest BCUT2D eigenvalue weighted by Crippen LogP contribution is 2.29. The van der Waals surface area contributed by atoms with Gasteiger partial charge in [-0.25, -0.2) is 9.97 Å². The molecule has 1 aromatic heterocycles. The largest absolute Gasteiger partial charge is 0.306 e. The second-order valence-electron chi connectivity index (χ2n) is 5.41. The summed E-state index contributed by atoms with van der Waals surface area (Å²) >= 11 is 6.13. The van der Waals surface area contributed by atoms with Crippen molar-refractivity contribution in [2.75, 3.05) is 11.4 Å². The number of fused-ring (bicyclic) bond motifs is 1. The molecule has 1 aliphatic rings. The number of hydrogen-bond acceptors (Lipinski definition) is 3. The molecule has 0 N–H and O–H groups in total. The number of benzene rings is 1. The lowest BCUT2D eigenvalue weighted by atomic mass is 10.2. The Kier molecular flexibility index (Phi) is 3.64. The lowest BCUT2D eigenvalue weighted by molar-refractivity contribution is 0.0984. The van der Waals surface area contributed by atoms with Gasteiger partial charge in [-0.05, 0) is 18.1 Å². The van der Waals surface area contributed by atoms with Crippen molar-refractivity contribution in [2.24, 2.45) is 0 Å². The average Bonchev–Trinajstić information content (AvgIpc) is 2.90. The van der Waals surface area contributed by atoms with Crippen LogP contribution in [0.3, 0.4) is 0 Å². The van der Waals surface area contributed by atoms with Crippen molar-refractivity contribution in [1.82, 2.24) is 9.97 Å². The van der Waals surface area contributed by atoms with Crippen molar-refractivity contribution < 1.29 is 4.79 Å². The molecule has 0 saturated carbocycles. The van der Waals surface area contributed by atoms with E-state index < -0.39 is 0 Å². The molecule has 21 heavy (non-hydrogen) atoms. The van der Waals surface area contributed by atoms with Crippen LogP contribution in [0, 0.1) is 0 Å². The molecule has 0 aliphatic carbocycles. The fourth-order valence-corrected chi connectivity index (χ4v) is 2.66. The van der Waals surface area contributed by atoms with Gasteiger partial charge in [0.1, 0.15) is 5.82 Å². The molecule has 0 saturated heterocycles. The Hall–Kier alpha value is -1.94. The second kappa shape index (κ2) is 5.45. The summed E-state index contributed by atoms with van der Waals surface area (Å²) in [6, 6.07) is 7.93. The van der Waals surface area contributed by atoms with Crippen molar-refractivity contribution in [3.63, 3.8) is 0 Å². The van der Waals surface area contributed by atoms with E-state index in [9.17, 15) is 4.79 Å². The molecule has 0 fully saturated rings. The first kappa shape index (κ1) is 14.0. The minimum absolute atomic E-state index is 0.152. The number of hydrogen-bond donors (Lipinski definition) is 0. The number of carbonyl (C=O) groups excluding carboxylic acids is 1. The van der Waals surface area contributed by atoms with E-state index in [1.54, 1.807) is 4.90 Å². The Morgan fingerprint density at radius 3 is 2.86 bits per heavy atom. The summed E-state index contributed by atoms with van der Waals surface area (Å²) in [5.41, 5.74) is 2.41. The maximum absolute atomic E-state index is 12.8. The van der Waals surface area contributed by atoms with Gasteiger partial charge in [-0.15, -0.1) is 0 Å². The van der Waals surface area contributed by atoms with Crippen molar-refractivity contribution in [1.29, 1.82) is 0 Å². The summed E-state index contributed by atoms with van der Waals surface area (Å²) in [5, 5.41) is 0.300. The number of halogens is 1. The van der Waals surface area contributed by atoms with E-state index in [1.807, 2.05) is 38.1 Å². The van der Waals surface area contributed by atoms with Crippen LogP contribution < -0.4 is 4.90 Å². The normalized spacial score (nSPS) is 13.6. The van der Waals surface area contributed by atoms with Gasteiger partial charge in [-0.1, -0.05) is 43.6 Å². The molecule has 108 valence electrons. The third kappa shape index (κ3) is 2.51. The van der Waals surface area contributed by atoms with Crippen LogP contribution in [0.4, 0.5) is 5.69 Å². The van der Waals surface area contributed by atoms with Gasteiger partial charge in [0.2, 0.25) is 0 Å². The van der Waals surface area contributed by atoms with Crippen molar-refractivity contribution in [3.8, 4) is 0 Å². The highest BCUT2D eigenvalue weighted by molar-refractivity contribution is 6.34. The van der Waals surface area contributed by atoms with E-state index in [-0.39, 0.29) is 17.5 Å². The lowest BCUT2D eigenvalue weighted by Crippen LogP contribution is -2.30. The molecule has 5 heteroatoms. The molecule has 4 nitrogen and oxygen atoms in total. The van der Waals surface area contributed by atoms with E-state index in [2.05, 4.69) is 9.97 Å². The number of amides is 1. The third-order valence-corrected chi connectivity index (χ3v) is 3.89. The molecule has 2 aromatic rings. The summed E-state index contributed by atoms with van der Waals surface area (Å²) in [6.07, 6.45) is 2.38. The number of para-hydroxylation sites is 1. The minimum atomic E-state index is -0.158. The second-order valence-corrected chi connectivity index (χ2v) is 5.82. The average molecular weight is 302 g/mol. The highest BCUT2D eigenvalue weighted by atomic mass is 35.5. The predicted molar refractivity (Wildman–Crippen MR) is 83.0 cm³/mol. The maximum Gasteiger partial charge on any atom is 0.278 e. The predicted octanol–water partition coefficient (Wildman–Crippen LogP) is 3.46. The smallest absolute Gasteiger partial charge is 0.278 e. The van der Waals surface area contributed by atoms with Gasteiger partial charge in [0.25, 0.3) is 5.91 Å². The van der Waals surface area contributed by atoms with Crippen molar-refractivity contribution in [3.05, 3.63) is 52.6 Å². The van der Waals surface area contributed by atoms with Gasteiger partial charge in [0, 0.05) is 18.2 Å². The Bertz CT molecular complexity index is 700. The first-order valence-corrected chi connectivity index (χ1v) is 7.38. The van der Waals surface area contributed by atoms with E-state index >= 15 is 0 Å². The Labute approximate surface area is 128 Å². The van der Waals surface area contributed by atoms with E-state index in [1.165, 1.54) is 11.8 Å². The Balaban J connectivity index is 1.98. The molecule has 2 heterocycles. The van der Waals surface area contributed by atoms with Crippen LogP contribution in [-0.2, 0) is 6.42 Å². The Morgan fingerprint density at radius 2 is 2.10 bits per heavy atom. The molecule has 3 rings (SSSR count). The first-order chi connectivity index (χ1) is 10.1. The summed E-state index contributed by atoms with van der Waals surface area (Å²) in [6.45, 7) is 4.64. The maximum atomic E-state index is 12.8. The van der Waals surface area contributed by atoms with Crippen LogP contribution in [0.2, 0.25) is 5.02 Å². The highest BCUT2D eigenvalue weighted by Gasteiger charge is 2.28. The van der Waals surface area contributed by atoms with Crippen LogP contribution >= 0.6 is 11.6 Å². The molecule has 1 aliphatic heterocycles. The fourth-order valence-electron chi connectivity index (χ4n) is 2.49. The van der Waals surface area contributed by atoms with Crippen LogP contribution in [0.15, 0.2) is 30.5 Å². The van der Waals surface area contributed by atoms with E-state index in [0.29, 0.717) is 17.4 Å². The summed E-state index contributed by atoms with van der Waals surface area (Å²) in [4.78, 5) is 23.0. The van der Waals surface area contributed by atoms with Crippen LogP contribution in [0.1, 0.15) is 41.6 Å². The van der Waals surface area contributed by atoms with E-state index in [4.69, 9.17) is 11.6 Å². The monoisotopic (exact) mass is 301 g/mol. The molecule has 0 unspecified atom stereocenters. The number of carbonyl (C=O) groups is 1. The van der Waals surface area contributed by atoms with Crippen molar-refractivity contribution in [2.45, 2.75) is 26.2 Å². The molecule has 0 atom stereocenters. The van der Waals surface area contributed by atoms with Gasteiger partial charge >= 0.3 is 0 Å². The third-order valence-electron chi connectivity index (χ3n) is 3.61. The summed E-state index contributed by atoms with van der Waals surface area (Å²) < 4.78 is 0. The Morgan fingerprint density at radius 1 is 1.33 bits per heavy atom. The molecule has 0 radical (unpaired) electrons. The van der Waals surface area contributed by atoms with Crippen molar-refractivity contribution >= 4 is 23.2 Å².